The zero-order chi connectivity index (χ0) is 17.1. The van der Waals surface area contributed by atoms with E-state index in [1.807, 2.05) is 24.0 Å². The van der Waals surface area contributed by atoms with Crippen molar-refractivity contribution >= 4 is 27.7 Å². The molecule has 1 fully saturated rings. The van der Waals surface area contributed by atoms with Crippen LogP contribution < -0.4 is 5.32 Å². The Morgan fingerprint density at radius 3 is 2.79 bits per heavy atom. The van der Waals surface area contributed by atoms with Crippen molar-refractivity contribution in [2.24, 2.45) is 0 Å². The zero-order valence-electron chi connectivity index (χ0n) is 13.4. The summed E-state index contributed by atoms with van der Waals surface area (Å²) in [5, 5.41) is 3.39. The number of nitrogens with one attached hydrogen (secondary N) is 1. The van der Waals surface area contributed by atoms with Crippen molar-refractivity contribution in [1.82, 2.24) is 9.88 Å². The first-order chi connectivity index (χ1) is 11.5. The van der Waals surface area contributed by atoms with E-state index in [1.165, 1.54) is 12.1 Å². The number of amides is 1. The van der Waals surface area contributed by atoms with Gasteiger partial charge in [-0.2, -0.15) is 0 Å². The Morgan fingerprint density at radius 1 is 1.33 bits per heavy atom. The number of pyridine rings is 1. The smallest absolute Gasteiger partial charge is 0.227 e. The number of nitrogens with zero attached hydrogens (tertiary/aromatic N) is 2. The van der Waals surface area contributed by atoms with Crippen molar-refractivity contribution in [3.05, 3.63) is 57.9 Å². The molecule has 3 rings (SSSR count). The van der Waals surface area contributed by atoms with Gasteiger partial charge in [0, 0.05) is 23.6 Å². The molecule has 1 aliphatic heterocycles. The van der Waals surface area contributed by atoms with Crippen LogP contribution in [0.5, 0.6) is 0 Å². The van der Waals surface area contributed by atoms with Crippen LogP contribution in [0.25, 0.3) is 0 Å². The van der Waals surface area contributed by atoms with Crippen LogP contribution in [0, 0.1) is 12.7 Å². The van der Waals surface area contributed by atoms with E-state index >= 15 is 0 Å². The molecule has 4 nitrogen and oxygen atoms in total. The van der Waals surface area contributed by atoms with Gasteiger partial charge in [0.25, 0.3) is 0 Å². The van der Waals surface area contributed by atoms with Crippen LogP contribution in [-0.4, -0.2) is 34.9 Å². The van der Waals surface area contributed by atoms with E-state index in [4.69, 9.17) is 0 Å². The highest BCUT2D eigenvalue weighted by atomic mass is 79.9. The molecule has 1 N–H and O–H groups in total. The summed E-state index contributed by atoms with van der Waals surface area (Å²) in [4.78, 5) is 18.7. The number of rotatable bonds is 4. The fourth-order valence-corrected chi connectivity index (χ4v) is 3.05. The Bertz CT molecular complexity index is 736. The van der Waals surface area contributed by atoms with Gasteiger partial charge < -0.3 is 10.2 Å². The minimum Gasteiger partial charge on any atom is -0.365 e. The highest BCUT2D eigenvalue weighted by Gasteiger charge is 2.26. The van der Waals surface area contributed by atoms with Crippen molar-refractivity contribution in [3.8, 4) is 0 Å². The lowest BCUT2D eigenvalue weighted by Crippen LogP contribution is -2.32. The average Bonchev–Trinajstić information content (AvgIpc) is 3.02. The largest absolute Gasteiger partial charge is 0.365 e. The molecule has 0 saturated carbocycles. The standard InChI is InChI=1S/C18H19BrFN3O/c1-12-16(19)6-7-17(21-12)22-15-8-9-23(11-15)18(24)10-13-2-4-14(20)5-3-13/h2-7,15H,8-11H2,1H3,(H,21,22)/t15-/m0/s1. The van der Waals surface area contributed by atoms with E-state index in [1.54, 1.807) is 12.1 Å². The Morgan fingerprint density at radius 2 is 2.08 bits per heavy atom. The first-order valence-electron chi connectivity index (χ1n) is 7.93. The lowest BCUT2D eigenvalue weighted by atomic mass is 10.1. The molecular weight excluding hydrogens is 373 g/mol. The molecule has 1 aromatic heterocycles. The number of anilines is 1. The van der Waals surface area contributed by atoms with E-state index in [-0.39, 0.29) is 17.8 Å². The Kier molecular flexibility index (Phi) is 5.14. The molecule has 1 saturated heterocycles. The minimum atomic E-state index is -0.283. The van der Waals surface area contributed by atoms with E-state index in [0.717, 1.165) is 34.5 Å². The van der Waals surface area contributed by atoms with Crippen LogP contribution in [-0.2, 0) is 11.2 Å². The number of benzene rings is 1. The van der Waals surface area contributed by atoms with Gasteiger partial charge in [-0.1, -0.05) is 12.1 Å². The van der Waals surface area contributed by atoms with Gasteiger partial charge in [0.15, 0.2) is 0 Å². The molecule has 0 unspecified atom stereocenters. The maximum atomic E-state index is 12.9. The topological polar surface area (TPSA) is 45.2 Å². The first-order valence-corrected chi connectivity index (χ1v) is 8.72. The zero-order valence-corrected chi connectivity index (χ0v) is 15.0. The second-order valence-electron chi connectivity index (χ2n) is 6.04. The molecule has 1 atom stereocenters. The average molecular weight is 392 g/mol. The van der Waals surface area contributed by atoms with Crippen LogP contribution in [0.3, 0.4) is 0 Å². The maximum absolute atomic E-state index is 12.9. The number of carbonyl (C=O) groups is 1. The van der Waals surface area contributed by atoms with Crippen molar-refractivity contribution in [2.45, 2.75) is 25.8 Å². The normalized spacial score (nSPS) is 17.1. The summed E-state index contributed by atoms with van der Waals surface area (Å²) in [5.74, 6) is 0.619. The summed E-state index contributed by atoms with van der Waals surface area (Å²) in [7, 11) is 0. The molecule has 2 heterocycles. The van der Waals surface area contributed by atoms with Gasteiger partial charge in [0.1, 0.15) is 11.6 Å². The van der Waals surface area contributed by atoms with Crippen LogP contribution in [0.15, 0.2) is 40.9 Å². The summed E-state index contributed by atoms with van der Waals surface area (Å²) in [6.45, 7) is 3.34. The minimum absolute atomic E-state index is 0.0749. The molecule has 0 spiro atoms. The van der Waals surface area contributed by atoms with Crippen LogP contribution in [0.4, 0.5) is 10.2 Å². The van der Waals surface area contributed by atoms with Crippen molar-refractivity contribution < 1.29 is 9.18 Å². The van der Waals surface area contributed by atoms with Crippen molar-refractivity contribution in [1.29, 1.82) is 0 Å². The summed E-state index contributed by atoms with van der Waals surface area (Å²) < 4.78 is 13.9. The number of aromatic nitrogens is 1. The van der Waals surface area contributed by atoms with Gasteiger partial charge in [-0.05, 0) is 59.1 Å². The number of carbonyl (C=O) groups excluding carboxylic acids is 1. The molecule has 0 bridgehead atoms. The molecule has 126 valence electrons. The predicted octanol–water partition coefficient (Wildman–Crippen LogP) is 3.55. The van der Waals surface area contributed by atoms with Gasteiger partial charge in [-0.3, -0.25) is 4.79 Å². The Balaban J connectivity index is 1.55. The molecule has 24 heavy (non-hydrogen) atoms. The first kappa shape index (κ1) is 16.9. The van der Waals surface area contributed by atoms with Crippen LogP contribution >= 0.6 is 15.9 Å². The monoisotopic (exact) mass is 391 g/mol. The van der Waals surface area contributed by atoms with Crippen LogP contribution in [0.1, 0.15) is 17.7 Å². The summed E-state index contributed by atoms with van der Waals surface area (Å²) >= 11 is 3.44. The molecule has 1 aromatic carbocycles. The van der Waals surface area contributed by atoms with Gasteiger partial charge in [-0.25, -0.2) is 9.37 Å². The van der Waals surface area contributed by atoms with Gasteiger partial charge in [0.2, 0.25) is 5.91 Å². The molecule has 1 aliphatic rings. The summed E-state index contributed by atoms with van der Waals surface area (Å²) in [5.41, 5.74) is 1.77. The molecule has 2 aromatic rings. The third kappa shape index (κ3) is 4.12. The number of hydrogen-bond donors (Lipinski definition) is 1. The number of aryl methyl sites for hydroxylation is 1. The SMILES string of the molecule is Cc1nc(N[C@H]2CCN(C(=O)Cc3ccc(F)cc3)C2)ccc1Br. The third-order valence-corrected chi connectivity index (χ3v) is 5.02. The van der Waals surface area contributed by atoms with Gasteiger partial charge in [-0.15, -0.1) is 0 Å². The van der Waals surface area contributed by atoms with E-state index in [2.05, 4.69) is 26.2 Å². The second kappa shape index (κ2) is 7.30. The second-order valence-corrected chi connectivity index (χ2v) is 6.89. The quantitative estimate of drug-likeness (QED) is 0.866. The number of likely N-dealkylation sites (tertiary alicyclic amines) is 1. The lowest BCUT2D eigenvalue weighted by molar-refractivity contribution is -0.129. The molecule has 6 heteroatoms. The summed E-state index contributed by atoms with van der Waals surface area (Å²) in [6, 6.07) is 10.2. The number of halogens is 2. The molecular formula is C18H19BrFN3O. The van der Waals surface area contributed by atoms with E-state index in [9.17, 15) is 9.18 Å². The Hall–Kier alpha value is -1.95. The van der Waals surface area contributed by atoms with Gasteiger partial charge >= 0.3 is 0 Å². The molecule has 1 amide bonds. The maximum Gasteiger partial charge on any atom is 0.227 e. The van der Waals surface area contributed by atoms with Crippen LogP contribution in [0.2, 0.25) is 0 Å². The Labute approximate surface area is 149 Å². The van der Waals surface area contributed by atoms with Crippen molar-refractivity contribution in [3.63, 3.8) is 0 Å². The fourth-order valence-electron chi connectivity index (χ4n) is 2.83. The molecule has 0 radical (unpaired) electrons. The molecule has 0 aliphatic carbocycles. The fraction of sp³-hybridized carbons (Fsp3) is 0.333. The highest BCUT2D eigenvalue weighted by Crippen LogP contribution is 2.19. The van der Waals surface area contributed by atoms with Gasteiger partial charge in [0.05, 0.1) is 12.1 Å². The highest BCUT2D eigenvalue weighted by molar-refractivity contribution is 9.10. The predicted molar refractivity (Wildman–Crippen MR) is 95.4 cm³/mol. The number of hydrogen-bond acceptors (Lipinski definition) is 3. The van der Waals surface area contributed by atoms with Crippen molar-refractivity contribution in [2.75, 3.05) is 18.4 Å². The van der Waals surface area contributed by atoms with E-state index in [0.29, 0.717) is 13.0 Å². The lowest BCUT2D eigenvalue weighted by Gasteiger charge is -2.18. The third-order valence-electron chi connectivity index (χ3n) is 4.18. The van der Waals surface area contributed by atoms with E-state index < -0.39 is 0 Å². The summed E-state index contributed by atoms with van der Waals surface area (Å²) in [6.07, 6.45) is 1.20.